The molecule has 2 aromatic carbocycles. The Balaban J connectivity index is 1.85. The minimum Gasteiger partial charge on any atom is -0.390 e. The number of nitrogens with zero attached hydrogens (tertiary/aromatic N) is 1. The summed E-state index contributed by atoms with van der Waals surface area (Å²) >= 11 is 0. The number of aliphatic hydroxyl groups excluding tert-OH is 1. The predicted molar refractivity (Wildman–Crippen MR) is 164 cm³/mol. The average molecular weight is 590 g/mol. The Bertz CT molecular complexity index is 1250. The second-order valence-electron chi connectivity index (χ2n) is 12.4. The Morgan fingerprint density at radius 2 is 1.85 bits per heavy atom. The number of hydrogen-bond acceptors (Lipinski definition) is 5. The van der Waals surface area contributed by atoms with Gasteiger partial charge in [0.05, 0.1) is 29.1 Å². The predicted octanol–water partition coefficient (Wildman–Crippen LogP) is 5.21. The molecule has 1 aliphatic rings. The number of nitrogens with one attached hydrogen (secondary N) is 2. The van der Waals surface area contributed by atoms with Crippen molar-refractivity contribution in [2.45, 2.75) is 97.2 Å². The standard InChI is InChI=1S/C32H48FN3O4S/c1-6-12-25-19-26(30(33)28(21-25)36-17-11-18-41(36,39)40)31(38)35-27(20-24-14-8-7-9-15-24)29(37)22-34-32(4,5)16-10-13-23(2)3/h7-9,14-15,19,21,23,27,29,34,37H,6,10-13,16-18,20,22H2,1-5H3,(H,35,38)/t27-,29+/m0/s1. The molecule has 0 aromatic heterocycles. The first kappa shape index (κ1) is 33.0. The number of aryl methyl sites for hydroxylation is 1. The third-order valence-electron chi connectivity index (χ3n) is 7.72. The monoisotopic (exact) mass is 589 g/mol. The van der Waals surface area contributed by atoms with Crippen LogP contribution < -0.4 is 14.9 Å². The number of β-amino-alcohol motifs (C(OH)–C–C–N with tert-alkyl or cyclic N) is 1. The van der Waals surface area contributed by atoms with E-state index in [1.807, 2.05) is 37.3 Å². The first-order valence-electron chi connectivity index (χ1n) is 14.9. The SMILES string of the molecule is CCCc1cc(C(=O)N[C@@H](Cc2ccccc2)[C@H](O)CNC(C)(C)CCCC(C)C)c(F)c(N2CCCS2(=O)=O)c1. The molecule has 2 atom stereocenters. The lowest BCUT2D eigenvalue weighted by Crippen LogP contribution is -2.52. The quantitative estimate of drug-likeness (QED) is 0.265. The molecule has 0 radical (unpaired) electrons. The van der Waals surface area contributed by atoms with Gasteiger partial charge in [0.2, 0.25) is 10.0 Å². The van der Waals surface area contributed by atoms with Crippen LogP contribution in [0.2, 0.25) is 0 Å². The highest BCUT2D eigenvalue weighted by Gasteiger charge is 2.33. The Morgan fingerprint density at radius 3 is 2.46 bits per heavy atom. The number of aliphatic hydroxyl groups is 1. The summed E-state index contributed by atoms with van der Waals surface area (Å²) < 4.78 is 42.1. The third-order valence-corrected chi connectivity index (χ3v) is 9.57. The van der Waals surface area contributed by atoms with Crippen LogP contribution in [0.3, 0.4) is 0 Å². The number of carbonyl (C=O) groups is 1. The number of sulfonamides is 1. The number of halogens is 1. The van der Waals surface area contributed by atoms with Gasteiger partial charge in [-0.3, -0.25) is 9.10 Å². The van der Waals surface area contributed by atoms with Gasteiger partial charge < -0.3 is 15.7 Å². The van der Waals surface area contributed by atoms with Crippen LogP contribution in [0.1, 0.15) is 88.2 Å². The Kier molecular flexibility index (Phi) is 11.8. The van der Waals surface area contributed by atoms with Crippen molar-refractivity contribution >= 4 is 21.6 Å². The van der Waals surface area contributed by atoms with E-state index in [1.54, 1.807) is 6.07 Å². The minimum atomic E-state index is -3.63. The molecular formula is C32H48FN3O4S. The van der Waals surface area contributed by atoms with Crippen LogP contribution in [0, 0.1) is 11.7 Å². The van der Waals surface area contributed by atoms with E-state index in [1.165, 1.54) is 6.07 Å². The number of anilines is 1. The highest BCUT2D eigenvalue weighted by atomic mass is 32.2. The normalized spacial score (nSPS) is 16.6. The molecule has 0 unspecified atom stereocenters. The maximum Gasteiger partial charge on any atom is 0.254 e. The van der Waals surface area contributed by atoms with Crippen LogP contribution in [0.25, 0.3) is 0 Å². The summed E-state index contributed by atoms with van der Waals surface area (Å²) in [5, 5.41) is 17.6. The summed E-state index contributed by atoms with van der Waals surface area (Å²) in [5.74, 6) is -0.943. The van der Waals surface area contributed by atoms with E-state index in [9.17, 15) is 18.3 Å². The molecule has 0 bridgehead atoms. The lowest BCUT2D eigenvalue weighted by molar-refractivity contribution is 0.0808. The number of rotatable bonds is 15. The van der Waals surface area contributed by atoms with Gasteiger partial charge in [-0.05, 0) is 68.7 Å². The number of amides is 1. The number of hydrogen-bond donors (Lipinski definition) is 3. The lowest BCUT2D eigenvalue weighted by Gasteiger charge is -2.31. The van der Waals surface area contributed by atoms with Crippen LogP contribution in [0.5, 0.6) is 0 Å². The summed E-state index contributed by atoms with van der Waals surface area (Å²) in [6.45, 7) is 11.0. The van der Waals surface area contributed by atoms with E-state index < -0.39 is 33.9 Å². The topological polar surface area (TPSA) is 98.7 Å². The van der Waals surface area contributed by atoms with Crippen LogP contribution in [0.4, 0.5) is 10.1 Å². The summed E-state index contributed by atoms with van der Waals surface area (Å²) in [5.41, 5.74) is 1.13. The van der Waals surface area contributed by atoms with E-state index in [0.717, 1.165) is 35.6 Å². The van der Waals surface area contributed by atoms with Gasteiger partial charge in [0.1, 0.15) is 0 Å². The molecule has 0 aliphatic carbocycles. The van der Waals surface area contributed by atoms with Crippen LogP contribution in [-0.2, 0) is 22.9 Å². The van der Waals surface area contributed by atoms with E-state index in [-0.39, 0.29) is 35.6 Å². The molecule has 0 spiro atoms. The van der Waals surface area contributed by atoms with Crippen molar-refractivity contribution in [1.82, 2.24) is 10.6 Å². The van der Waals surface area contributed by atoms with Crippen LogP contribution in [0.15, 0.2) is 42.5 Å². The van der Waals surface area contributed by atoms with Gasteiger partial charge >= 0.3 is 0 Å². The largest absolute Gasteiger partial charge is 0.390 e. The van der Waals surface area contributed by atoms with Crippen molar-refractivity contribution in [3.8, 4) is 0 Å². The summed E-state index contributed by atoms with van der Waals surface area (Å²) in [4.78, 5) is 13.6. The zero-order chi connectivity index (χ0) is 30.2. The molecule has 1 saturated heterocycles. The van der Waals surface area contributed by atoms with E-state index in [4.69, 9.17) is 0 Å². The van der Waals surface area contributed by atoms with E-state index in [0.29, 0.717) is 30.7 Å². The zero-order valence-corrected chi connectivity index (χ0v) is 26.1. The second-order valence-corrected chi connectivity index (χ2v) is 14.4. The molecule has 1 aliphatic heterocycles. The van der Waals surface area contributed by atoms with E-state index in [2.05, 4.69) is 38.3 Å². The fourth-order valence-electron chi connectivity index (χ4n) is 5.32. The van der Waals surface area contributed by atoms with Gasteiger partial charge in [-0.15, -0.1) is 0 Å². The summed E-state index contributed by atoms with van der Waals surface area (Å²) in [7, 11) is -3.63. The van der Waals surface area contributed by atoms with Gasteiger partial charge in [-0.25, -0.2) is 12.8 Å². The Morgan fingerprint density at radius 1 is 1.15 bits per heavy atom. The molecule has 2 aromatic rings. The fraction of sp³-hybridized carbons (Fsp3) is 0.594. The van der Waals surface area contributed by atoms with Crippen LogP contribution in [-0.4, -0.2) is 56.0 Å². The number of benzene rings is 2. The summed E-state index contributed by atoms with van der Waals surface area (Å²) in [6, 6.07) is 11.9. The average Bonchev–Trinajstić information content (AvgIpc) is 3.26. The smallest absolute Gasteiger partial charge is 0.254 e. The van der Waals surface area contributed by atoms with Gasteiger partial charge in [0.25, 0.3) is 5.91 Å². The molecule has 41 heavy (non-hydrogen) atoms. The zero-order valence-electron chi connectivity index (χ0n) is 25.2. The molecule has 7 nitrogen and oxygen atoms in total. The molecule has 1 amide bonds. The number of carbonyl (C=O) groups excluding carboxylic acids is 1. The van der Waals surface area contributed by atoms with Gasteiger partial charge in [0, 0.05) is 18.6 Å². The lowest BCUT2D eigenvalue weighted by atomic mass is 9.93. The van der Waals surface area contributed by atoms with Crippen molar-refractivity contribution < 1.29 is 22.7 Å². The van der Waals surface area contributed by atoms with Crippen molar-refractivity contribution in [1.29, 1.82) is 0 Å². The Hall–Kier alpha value is -2.49. The molecule has 0 saturated carbocycles. The molecule has 3 rings (SSSR count). The van der Waals surface area contributed by atoms with Gasteiger partial charge in [0.15, 0.2) is 5.82 Å². The first-order valence-corrected chi connectivity index (χ1v) is 16.5. The highest BCUT2D eigenvalue weighted by Crippen LogP contribution is 2.31. The fourth-order valence-corrected chi connectivity index (χ4v) is 6.87. The van der Waals surface area contributed by atoms with Crippen molar-refractivity contribution in [3.05, 3.63) is 65.0 Å². The van der Waals surface area contributed by atoms with E-state index >= 15 is 4.39 Å². The third kappa shape index (κ3) is 9.51. The first-order chi connectivity index (χ1) is 19.3. The van der Waals surface area contributed by atoms with Crippen molar-refractivity contribution in [2.75, 3.05) is 23.1 Å². The minimum absolute atomic E-state index is 0.0435. The van der Waals surface area contributed by atoms with Crippen LogP contribution >= 0.6 is 0 Å². The molecule has 3 N–H and O–H groups in total. The van der Waals surface area contributed by atoms with Gasteiger partial charge in [-0.1, -0.05) is 70.4 Å². The Labute approximate surface area is 246 Å². The molecule has 9 heteroatoms. The highest BCUT2D eigenvalue weighted by molar-refractivity contribution is 7.93. The van der Waals surface area contributed by atoms with Crippen molar-refractivity contribution in [3.63, 3.8) is 0 Å². The maximum atomic E-state index is 15.9. The maximum absolute atomic E-state index is 15.9. The second kappa shape index (κ2) is 14.6. The molecular weight excluding hydrogens is 541 g/mol. The molecule has 1 heterocycles. The molecule has 1 fully saturated rings. The van der Waals surface area contributed by atoms with Crippen molar-refractivity contribution in [2.24, 2.45) is 5.92 Å². The summed E-state index contributed by atoms with van der Waals surface area (Å²) in [6.07, 6.45) is 4.30. The molecule has 228 valence electrons. The van der Waals surface area contributed by atoms with Gasteiger partial charge in [-0.2, -0.15) is 0 Å².